The minimum atomic E-state index is 0.588. The summed E-state index contributed by atoms with van der Waals surface area (Å²) in [5.74, 6) is 1.46. The van der Waals surface area contributed by atoms with E-state index >= 15 is 0 Å². The third-order valence-electron chi connectivity index (χ3n) is 3.89. The van der Waals surface area contributed by atoms with Crippen molar-refractivity contribution in [3.8, 4) is 0 Å². The van der Waals surface area contributed by atoms with Gasteiger partial charge in [0.2, 0.25) is 0 Å². The molecule has 1 atom stereocenters. The van der Waals surface area contributed by atoms with Crippen LogP contribution in [0.3, 0.4) is 0 Å². The SMILES string of the molecule is NCC1CCc2nc(Cc3cccc(Cl)c3)ncc2C1. The number of aryl methyl sites for hydroxylation is 1. The fraction of sp³-hybridized carbons (Fsp3) is 0.375. The highest BCUT2D eigenvalue weighted by Crippen LogP contribution is 2.23. The Bertz CT molecular complexity index is 612. The molecule has 0 saturated heterocycles. The van der Waals surface area contributed by atoms with E-state index in [2.05, 4.69) is 11.1 Å². The molecule has 1 aromatic carbocycles. The van der Waals surface area contributed by atoms with Gasteiger partial charge in [-0.05, 0) is 55.0 Å². The van der Waals surface area contributed by atoms with E-state index in [1.807, 2.05) is 24.4 Å². The van der Waals surface area contributed by atoms with Crippen molar-refractivity contribution in [2.24, 2.45) is 11.7 Å². The molecule has 1 aromatic heterocycles. The topological polar surface area (TPSA) is 51.8 Å². The van der Waals surface area contributed by atoms with Gasteiger partial charge in [-0.15, -0.1) is 0 Å². The average molecular weight is 288 g/mol. The van der Waals surface area contributed by atoms with Gasteiger partial charge in [0.05, 0.1) is 0 Å². The van der Waals surface area contributed by atoms with Gasteiger partial charge >= 0.3 is 0 Å². The first-order chi connectivity index (χ1) is 9.74. The van der Waals surface area contributed by atoms with Crippen LogP contribution in [0.5, 0.6) is 0 Å². The van der Waals surface area contributed by atoms with Crippen molar-refractivity contribution in [2.45, 2.75) is 25.7 Å². The molecule has 0 fully saturated rings. The maximum absolute atomic E-state index is 6.01. The normalized spacial score (nSPS) is 17.8. The maximum Gasteiger partial charge on any atom is 0.132 e. The standard InChI is InChI=1S/C16H18ClN3/c17-14-3-1-2-11(7-14)8-16-19-10-13-6-12(9-18)4-5-15(13)20-16/h1-3,7,10,12H,4-6,8-9,18H2. The van der Waals surface area contributed by atoms with E-state index < -0.39 is 0 Å². The number of hydrogen-bond acceptors (Lipinski definition) is 3. The molecule has 0 amide bonds. The van der Waals surface area contributed by atoms with Crippen LogP contribution >= 0.6 is 11.6 Å². The van der Waals surface area contributed by atoms with E-state index in [1.165, 1.54) is 11.3 Å². The highest BCUT2D eigenvalue weighted by molar-refractivity contribution is 6.30. The molecule has 0 spiro atoms. The molecule has 104 valence electrons. The van der Waals surface area contributed by atoms with Crippen LogP contribution in [0.25, 0.3) is 0 Å². The summed E-state index contributed by atoms with van der Waals surface area (Å²) in [5, 5.41) is 0.756. The zero-order valence-corrected chi connectivity index (χ0v) is 12.1. The molecular weight excluding hydrogens is 270 g/mol. The lowest BCUT2D eigenvalue weighted by Gasteiger charge is -2.22. The lowest BCUT2D eigenvalue weighted by molar-refractivity contribution is 0.460. The van der Waals surface area contributed by atoms with Crippen molar-refractivity contribution in [1.29, 1.82) is 0 Å². The van der Waals surface area contributed by atoms with Crippen molar-refractivity contribution in [3.63, 3.8) is 0 Å². The summed E-state index contributed by atoms with van der Waals surface area (Å²) in [7, 11) is 0. The van der Waals surface area contributed by atoms with Gasteiger partial charge in [-0.25, -0.2) is 9.97 Å². The molecule has 2 aromatic rings. The lowest BCUT2D eigenvalue weighted by atomic mass is 9.87. The molecule has 1 heterocycles. The second kappa shape index (κ2) is 5.90. The molecule has 0 saturated carbocycles. The molecule has 20 heavy (non-hydrogen) atoms. The number of halogens is 1. The smallest absolute Gasteiger partial charge is 0.132 e. The first kappa shape index (κ1) is 13.5. The predicted octanol–water partition coefficient (Wildman–Crippen LogP) is 2.78. The summed E-state index contributed by atoms with van der Waals surface area (Å²) in [5.41, 5.74) is 9.36. The first-order valence-corrected chi connectivity index (χ1v) is 7.40. The summed E-state index contributed by atoms with van der Waals surface area (Å²) in [6, 6.07) is 7.86. The Morgan fingerprint density at radius 1 is 1.35 bits per heavy atom. The van der Waals surface area contributed by atoms with E-state index in [0.29, 0.717) is 5.92 Å². The summed E-state index contributed by atoms with van der Waals surface area (Å²) < 4.78 is 0. The van der Waals surface area contributed by atoms with Gasteiger partial charge in [-0.2, -0.15) is 0 Å². The van der Waals surface area contributed by atoms with E-state index in [9.17, 15) is 0 Å². The summed E-state index contributed by atoms with van der Waals surface area (Å²) in [6.07, 6.45) is 5.88. The van der Waals surface area contributed by atoms with Crippen molar-refractivity contribution in [2.75, 3.05) is 6.54 Å². The van der Waals surface area contributed by atoms with Crippen LogP contribution in [-0.2, 0) is 19.3 Å². The largest absolute Gasteiger partial charge is 0.330 e. The third kappa shape index (κ3) is 3.00. The number of rotatable bonds is 3. The van der Waals surface area contributed by atoms with Crippen molar-refractivity contribution in [3.05, 3.63) is 58.1 Å². The molecule has 3 rings (SSSR count). The minimum Gasteiger partial charge on any atom is -0.330 e. The number of benzene rings is 1. The molecule has 2 N–H and O–H groups in total. The van der Waals surface area contributed by atoms with Gasteiger partial charge in [0.15, 0.2) is 0 Å². The second-order valence-corrected chi connectivity index (χ2v) is 5.85. The van der Waals surface area contributed by atoms with Crippen molar-refractivity contribution in [1.82, 2.24) is 9.97 Å². The molecule has 0 radical (unpaired) electrons. The Kier molecular flexibility index (Phi) is 3.99. The van der Waals surface area contributed by atoms with E-state index in [-0.39, 0.29) is 0 Å². The fourth-order valence-electron chi connectivity index (χ4n) is 2.74. The Hall–Kier alpha value is -1.45. The number of aromatic nitrogens is 2. The summed E-state index contributed by atoms with van der Waals surface area (Å²) in [6.45, 7) is 0.754. The van der Waals surface area contributed by atoms with Crippen LogP contribution < -0.4 is 5.73 Å². The Morgan fingerprint density at radius 2 is 2.25 bits per heavy atom. The van der Waals surface area contributed by atoms with Gasteiger partial charge in [-0.3, -0.25) is 0 Å². The van der Waals surface area contributed by atoms with E-state index in [0.717, 1.165) is 48.6 Å². The Balaban J connectivity index is 1.79. The number of nitrogens with zero attached hydrogens (tertiary/aromatic N) is 2. The highest BCUT2D eigenvalue weighted by atomic mass is 35.5. The molecule has 0 aliphatic heterocycles. The first-order valence-electron chi connectivity index (χ1n) is 7.03. The van der Waals surface area contributed by atoms with Crippen LogP contribution in [0.1, 0.15) is 29.1 Å². The molecule has 1 aliphatic rings. The van der Waals surface area contributed by atoms with Crippen molar-refractivity contribution >= 4 is 11.6 Å². The van der Waals surface area contributed by atoms with Gasteiger partial charge in [0.25, 0.3) is 0 Å². The molecule has 4 heteroatoms. The number of fused-ring (bicyclic) bond motifs is 1. The van der Waals surface area contributed by atoms with Crippen molar-refractivity contribution < 1.29 is 0 Å². The summed E-state index contributed by atoms with van der Waals surface area (Å²) in [4.78, 5) is 9.20. The van der Waals surface area contributed by atoms with Crippen LogP contribution in [0, 0.1) is 5.92 Å². The molecule has 1 aliphatic carbocycles. The predicted molar refractivity (Wildman–Crippen MR) is 80.9 cm³/mol. The van der Waals surface area contributed by atoms with E-state index in [4.69, 9.17) is 22.3 Å². The van der Waals surface area contributed by atoms with Crippen LogP contribution in [0.4, 0.5) is 0 Å². The zero-order chi connectivity index (χ0) is 13.9. The van der Waals surface area contributed by atoms with Gasteiger partial charge in [0, 0.05) is 23.3 Å². The highest BCUT2D eigenvalue weighted by Gasteiger charge is 2.19. The Labute approximate surface area is 124 Å². The molecule has 0 bridgehead atoms. The van der Waals surface area contributed by atoms with Gasteiger partial charge in [-0.1, -0.05) is 23.7 Å². The van der Waals surface area contributed by atoms with Crippen LogP contribution in [-0.4, -0.2) is 16.5 Å². The summed E-state index contributed by atoms with van der Waals surface area (Å²) >= 11 is 6.01. The fourth-order valence-corrected chi connectivity index (χ4v) is 2.95. The molecule has 3 nitrogen and oxygen atoms in total. The minimum absolute atomic E-state index is 0.588. The quantitative estimate of drug-likeness (QED) is 0.944. The third-order valence-corrected chi connectivity index (χ3v) is 4.12. The maximum atomic E-state index is 6.01. The second-order valence-electron chi connectivity index (χ2n) is 5.41. The van der Waals surface area contributed by atoms with E-state index in [1.54, 1.807) is 0 Å². The van der Waals surface area contributed by atoms with Gasteiger partial charge in [0.1, 0.15) is 5.82 Å². The molecular formula is C16H18ClN3. The average Bonchev–Trinajstić information content (AvgIpc) is 2.47. The monoisotopic (exact) mass is 287 g/mol. The number of hydrogen-bond donors (Lipinski definition) is 1. The molecule has 1 unspecified atom stereocenters. The van der Waals surface area contributed by atoms with Crippen LogP contribution in [0.2, 0.25) is 5.02 Å². The number of nitrogens with two attached hydrogens (primary N) is 1. The van der Waals surface area contributed by atoms with Crippen LogP contribution in [0.15, 0.2) is 30.5 Å². The lowest BCUT2D eigenvalue weighted by Crippen LogP contribution is -2.23. The van der Waals surface area contributed by atoms with Gasteiger partial charge < -0.3 is 5.73 Å². The zero-order valence-electron chi connectivity index (χ0n) is 11.3. The Morgan fingerprint density at radius 3 is 3.05 bits per heavy atom.